The van der Waals surface area contributed by atoms with Crippen LogP contribution in [0.15, 0.2) is 12.1 Å². The van der Waals surface area contributed by atoms with Gasteiger partial charge in [-0.2, -0.15) is 0 Å². The van der Waals surface area contributed by atoms with Gasteiger partial charge in [0, 0.05) is 11.1 Å². The minimum atomic E-state index is -0.249. The van der Waals surface area contributed by atoms with Gasteiger partial charge in [0.1, 0.15) is 16.5 Å². The number of hydrogen-bond acceptors (Lipinski definition) is 3. The molecule has 0 unspecified atom stereocenters. The van der Waals surface area contributed by atoms with Gasteiger partial charge in [0.2, 0.25) is 0 Å². The van der Waals surface area contributed by atoms with Gasteiger partial charge in [-0.3, -0.25) is 0 Å². The summed E-state index contributed by atoms with van der Waals surface area (Å²) in [7, 11) is 3.17. The molecule has 4 heteroatoms. The van der Waals surface area contributed by atoms with Crippen molar-refractivity contribution in [2.75, 3.05) is 14.2 Å². The molecule has 0 atom stereocenters. The highest BCUT2D eigenvalue weighted by Crippen LogP contribution is 2.50. The fourth-order valence-corrected chi connectivity index (χ4v) is 2.01. The topological polar surface area (TPSA) is 44.5 Å². The third-order valence-corrected chi connectivity index (χ3v) is 3.17. The van der Waals surface area contributed by atoms with E-state index in [0.29, 0.717) is 16.5 Å². The lowest BCUT2D eigenvalue weighted by molar-refractivity contribution is 0.388. The first-order valence-corrected chi connectivity index (χ1v) is 5.20. The summed E-state index contributed by atoms with van der Waals surface area (Å²) in [4.78, 5) is 0. The number of ether oxygens (including phenoxy) is 2. The summed E-state index contributed by atoms with van der Waals surface area (Å²) in [6.07, 6.45) is 1.96. The van der Waals surface area contributed by atoms with Crippen molar-refractivity contribution in [3.8, 4) is 11.5 Å². The molecule has 3 nitrogen and oxygen atoms in total. The molecule has 0 aliphatic heterocycles. The highest BCUT2D eigenvalue weighted by Gasteiger charge is 2.43. The summed E-state index contributed by atoms with van der Waals surface area (Å²) in [6.45, 7) is 0. The summed E-state index contributed by atoms with van der Waals surface area (Å²) >= 11 is 6.14. The summed E-state index contributed by atoms with van der Waals surface area (Å²) in [5.41, 5.74) is 6.84. The Balaban J connectivity index is 2.52. The van der Waals surface area contributed by atoms with Gasteiger partial charge in [0.05, 0.1) is 14.2 Å². The van der Waals surface area contributed by atoms with Crippen molar-refractivity contribution < 1.29 is 9.47 Å². The molecule has 0 bridgehead atoms. The lowest BCUT2D eigenvalue weighted by Crippen LogP contribution is -2.19. The fourth-order valence-electron chi connectivity index (χ4n) is 1.69. The minimum absolute atomic E-state index is 0.249. The third-order valence-electron chi connectivity index (χ3n) is 2.81. The number of hydrogen-bond donors (Lipinski definition) is 1. The molecule has 15 heavy (non-hydrogen) atoms. The molecule has 0 heterocycles. The maximum atomic E-state index is 6.14. The molecular formula is C11H14ClNO2. The van der Waals surface area contributed by atoms with Crippen LogP contribution < -0.4 is 15.2 Å². The Morgan fingerprint density at radius 2 is 1.93 bits per heavy atom. The Kier molecular flexibility index (Phi) is 2.52. The Morgan fingerprint density at radius 1 is 1.27 bits per heavy atom. The summed E-state index contributed by atoms with van der Waals surface area (Å²) < 4.78 is 10.4. The first-order chi connectivity index (χ1) is 7.12. The number of halogens is 1. The highest BCUT2D eigenvalue weighted by atomic mass is 35.5. The number of nitrogens with two attached hydrogens (primary N) is 1. The van der Waals surface area contributed by atoms with Gasteiger partial charge in [-0.15, -0.1) is 0 Å². The fraction of sp³-hybridized carbons (Fsp3) is 0.455. The van der Waals surface area contributed by atoms with Crippen molar-refractivity contribution in [3.05, 3.63) is 22.7 Å². The Morgan fingerprint density at radius 3 is 2.40 bits per heavy atom. The second-order valence-corrected chi connectivity index (χ2v) is 4.20. The van der Waals surface area contributed by atoms with Crippen molar-refractivity contribution in [1.29, 1.82) is 0 Å². The predicted molar refractivity (Wildman–Crippen MR) is 59.7 cm³/mol. The minimum Gasteiger partial charge on any atom is -0.495 e. The quantitative estimate of drug-likeness (QED) is 0.862. The lowest BCUT2D eigenvalue weighted by atomic mass is 10.0. The Labute approximate surface area is 94.1 Å². The Hall–Kier alpha value is -0.930. The second-order valence-electron chi connectivity index (χ2n) is 3.82. The Bertz CT molecular complexity index is 388. The van der Waals surface area contributed by atoms with Gasteiger partial charge in [-0.05, 0) is 25.0 Å². The van der Waals surface area contributed by atoms with Crippen LogP contribution in [0.1, 0.15) is 18.4 Å². The van der Waals surface area contributed by atoms with Gasteiger partial charge >= 0.3 is 0 Å². The van der Waals surface area contributed by atoms with E-state index < -0.39 is 0 Å². The lowest BCUT2D eigenvalue weighted by Gasteiger charge is -2.17. The van der Waals surface area contributed by atoms with E-state index in [2.05, 4.69) is 0 Å². The van der Waals surface area contributed by atoms with Gasteiger partial charge in [-0.1, -0.05) is 11.6 Å². The molecule has 2 N–H and O–H groups in total. The van der Waals surface area contributed by atoms with Gasteiger partial charge < -0.3 is 15.2 Å². The number of methoxy groups -OCH3 is 2. The van der Waals surface area contributed by atoms with Crippen molar-refractivity contribution in [2.24, 2.45) is 5.73 Å². The van der Waals surface area contributed by atoms with Gasteiger partial charge in [0.25, 0.3) is 0 Å². The van der Waals surface area contributed by atoms with E-state index in [0.717, 1.165) is 18.4 Å². The van der Waals surface area contributed by atoms with Crippen molar-refractivity contribution in [1.82, 2.24) is 0 Å². The number of rotatable bonds is 3. The maximum Gasteiger partial charge on any atom is 0.146 e. The molecule has 0 aromatic heterocycles. The van der Waals surface area contributed by atoms with Crippen LogP contribution in [0, 0.1) is 0 Å². The van der Waals surface area contributed by atoms with E-state index >= 15 is 0 Å². The van der Waals surface area contributed by atoms with E-state index in [9.17, 15) is 0 Å². The standard InChI is InChI=1S/C11H14ClNO2/c1-14-8-4-3-7(11(13)5-6-11)10(15-2)9(8)12/h3-4H,5-6,13H2,1-2H3. The second kappa shape index (κ2) is 3.58. The average molecular weight is 228 g/mol. The largest absolute Gasteiger partial charge is 0.495 e. The van der Waals surface area contributed by atoms with Crippen LogP contribution in [-0.2, 0) is 5.54 Å². The molecule has 1 aliphatic rings. The SMILES string of the molecule is COc1ccc(C2(N)CC2)c(OC)c1Cl. The van der Waals surface area contributed by atoms with Crippen LogP contribution >= 0.6 is 11.6 Å². The van der Waals surface area contributed by atoms with Crippen LogP contribution in [-0.4, -0.2) is 14.2 Å². The summed E-state index contributed by atoms with van der Waals surface area (Å²) in [5.74, 6) is 1.25. The molecule has 0 saturated heterocycles. The maximum absolute atomic E-state index is 6.14. The molecule has 82 valence electrons. The van der Waals surface area contributed by atoms with Gasteiger partial charge in [0.15, 0.2) is 0 Å². The smallest absolute Gasteiger partial charge is 0.146 e. The first kappa shape index (κ1) is 10.6. The molecule has 1 aromatic rings. The molecule has 1 saturated carbocycles. The van der Waals surface area contributed by atoms with Gasteiger partial charge in [-0.25, -0.2) is 0 Å². The van der Waals surface area contributed by atoms with Crippen LogP contribution in [0.5, 0.6) is 11.5 Å². The predicted octanol–water partition coefficient (Wildman–Crippen LogP) is 2.31. The van der Waals surface area contributed by atoms with E-state index in [1.807, 2.05) is 12.1 Å². The highest BCUT2D eigenvalue weighted by molar-refractivity contribution is 6.33. The molecule has 2 rings (SSSR count). The third kappa shape index (κ3) is 1.66. The van der Waals surface area contributed by atoms with E-state index in [-0.39, 0.29) is 5.54 Å². The molecule has 1 fully saturated rings. The molecule has 0 radical (unpaired) electrons. The summed E-state index contributed by atoms with van der Waals surface area (Å²) in [6, 6.07) is 3.75. The van der Waals surface area contributed by atoms with Crippen LogP contribution in [0.4, 0.5) is 0 Å². The molecule has 0 spiro atoms. The average Bonchev–Trinajstić information content (AvgIpc) is 2.97. The zero-order valence-electron chi connectivity index (χ0n) is 8.84. The monoisotopic (exact) mass is 227 g/mol. The molecule has 1 aromatic carbocycles. The molecular weight excluding hydrogens is 214 g/mol. The zero-order chi connectivity index (χ0) is 11.1. The molecule has 1 aliphatic carbocycles. The first-order valence-electron chi connectivity index (χ1n) is 4.82. The van der Waals surface area contributed by atoms with Crippen molar-refractivity contribution in [2.45, 2.75) is 18.4 Å². The van der Waals surface area contributed by atoms with E-state index in [4.69, 9.17) is 26.8 Å². The van der Waals surface area contributed by atoms with Crippen LogP contribution in [0.25, 0.3) is 0 Å². The van der Waals surface area contributed by atoms with Crippen LogP contribution in [0.2, 0.25) is 5.02 Å². The number of benzene rings is 1. The molecule has 0 amide bonds. The normalized spacial score (nSPS) is 17.3. The van der Waals surface area contributed by atoms with Crippen LogP contribution in [0.3, 0.4) is 0 Å². The van der Waals surface area contributed by atoms with E-state index in [1.54, 1.807) is 14.2 Å². The summed E-state index contributed by atoms with van der Waals surface area (Å²) in [5, 5.41) is 0.495. The zero-order valence-corrected chi connectivity index (χ0v) is 9.60. The van der Waals surface area contributed by atoms with Crippen molar-refractivity contribution in [3.63, 3.8) is 0 Å². The van der Waals surface area contributed by atoms with E-state index in [1.165, 1.54) is 0 Å². The van der Waals surface area contributed by atoms with Crippen molar-refractivity contribution >= 4 is 11.6 Å².